The highest BCUT2D eigenvalue weighted by Gasteiger charge is 2.33. The van der Waals surface area contributed by atoms with E-state index >= 15 is 0 Å². The van der Waals surface area contributed by atoms with Gasteiger partial charge in [-0.05, 0) is 48.4 Å². The summed E-state index contributed by atoms with van der Waals surface area (Å²) in [4.78, 5) is 14.2. The van der Waals surface area contributed by atoms with E-state index in [1.807, 2.05) is 18.2 Å². The Balaban J connectivity index is 1.47. The molecule has 2 N–H and O–H groups in total. The van der Waals surface area contributed by atoms with Crippen LogP contribution in [-0.2, 0) is 12.8 Å². The normalized spacial score (nSPS) is 23.5. The third-order valence-corrected chi connectivity index (χ3v) is 6.64. The Bertz CT molecular complexity index is 861. The van der Waals surface area contributed by atoms with Crippen molar-refractivity contribution in [3.63, 3.8) is 0 Å². The summed E-state index contributed by atoms with van der Waals surface area (Å²) in [6.45, 7) is 2.51. The number of nitrogens with one attached hydrogen (secondary N) is 2. The van der Waals surface area contributed by atoms with Crippen molar-refractivity contribution in [2.75, 3.05) is 12.1 Å². The Hall–Kier alpha value is -2.21. The zero-order valence-electron chi connectivity index (χ0n) is 14.1. The number of rotatable bonds is 2. The van der Waals surface area contributed by atoms with E-state index in [4.69, 9.17) is 9.47 Å². The molecular formula is C19H20N2O3S. The van der Waals surface area contributed by atoms with Gasteiger partial charge in [0.15, 0.2) is 11.5 Å². The van der Waals surface area contributed by atoms with Crippen molar-refractivity contribution in [3.8, 4) is 11.5 Å². The van der Waals surface area contributed by atoms with Crippen LogP contribution < -0.4 is 20.1 Å². The van der Waals surface area contributed by atoms with Crippen LogP contribution in [-0.4, -0.2) is 12.7 Å². The van der Waals surface area contributed by atoms with Crippen molar-refractivity contribution < 1.29 is 14.3 Å². The lowest BCUT2D eigenvalue weighted by atomic mass is 9.85. The Morgan fingerprint density at radius 2 is 2.12 bits per heavy atom. The quantitative estimate of drug-likeness (QED) is 0.858. The summed E-state index contributed by atoms with van der Waals surface area (Å²) >= 11 is 1.76. The maximum absolute atomic E-state index is 12.8. The highest BCUT2D eigenvalue weighted by molar-refractivity contribution is 7.16. The van der Waals surface area contributed by atoms with Gasteiger partial charge in [-0.25, -0.2) is 0 Å². The minimum absolute atomic E-state index is 0.0314. The van der Waals surface area contributed by atoms with Crippen LogP contribution in [0.5, 0.6) is 11.5 Å². The fourth-order valence-corrected chi connectivity index (χ4v) is 5.36. The lowest BCUT2D eigenvalue weighted by molar-refractivity contribution is 0.0935. The number of ether oxygens (including phenoxy) is 2. The van der Waals surface area contributed by atoms with Gasteiger partial charge < -0.3 is 20.1 Å². The van der Waals surface area contributed by atoms with Gasteiger partial charge in [-0.2, -0.15) is 0 Å². The summed E-state index contributed by atoms with van der Waals surface area (Å²) in [6, 6.07) is 5.80. The molecule has 2 aromatic rings. The van der Waals surface area contributed by atoms with Crippen LogP contribution in [0.1, 0.15) is 52.3 Å². The third-order valence-electron chi connectivity index (χ3n) is 5.45. The second kappa shape index (κ2) is 5.66. The number of thiophene rings is 1. The van der Waals surface area contributed by atoms with E-state index < -0.39 is 0 Å². The number of benzene rings is 1. The van der Waals surface area contributed by atoms with Gasteiger partial charge in [-0.3, -0.25) is 4.79 Å². The van der Waals surface area contributed by atoms with Gasteiger partial charge in [0, 0.05) is 4.88 Å². The molecule has 3 aliphatic rings. The van der Waals surface area contributed by atoms with Crippen molar-refractivity contribution >= 4 is 22.2 Å². The van der Waals surface area contributed by atoms with E-state index in [-0.39, 0.29) is 18.9 Å². The molecule has 1 aromatic heterocycles. The van der Waals surface area contributed by atoms with Gasteiger partial charge in [-0.1, -0.05) is 19.4 Å². The minimum atomic E-state index is -0.239. The standard InChI is InChI=1S/C19H20N2O3S/c1-2-10-3-5-12-15(7-10)25-19-16(12)18(22)20-17(21-19)11-4-6-13-14(8-11)24-9-23-13/h4,6,8,10,17,21H,2-3,5,7,9H2,1H3,(H,20,22)/t10-,17+/m0/s1. The first-order valence-electron chi connectivity index (χ1n) is 8.84. The Morgan fingerprint density at radius 3 is 3.00 bits per heavy atom. The average molecular weight is 356 g/mol. The lowest BCUT2D eigenvalue weighted by Crippen LogP contribution is -2.38. The average Bonchev–Trinajstić information content (AvgIpc) is 3.24. The largest absolute Gasteiger partial charge is 0.454 e. The monoisotopic (exact) mass is 356 g/mol. The number of carbonyl (C=O) groups is 1. The summed E-state index contributed by atoms with van der Waals surface area (Å²) in [5.41, 5.74) is 3.10. The molecule has 5 nitrogen and oxygen atoms in total. The minimum Gasteiger partial charge on any atom is -0.454 e. The number of carbonyl (C=O) groups excluding carboxylic acids is 1. The molecule has 2 aliphatic heterocycles. The molecule has 0 saturated carbocycles. The van der Waals surface area contributed by atoms with Gasteiger partial charge in [0.25, 0.3) is 5.91 Å². The molecule has 130 valence electrons. The van der Waals surface area contributed by atoms with Crippen molar-refractivity contribution in [1.82, 2.24) is 5.32 Å². The van der Waals surface area contributed by atoms with Crippen molar-refractivity contribution in [2.45, 2.75) is 38.8 Å². The van der Waals surface area contributed by atoms with Gasteiger partial charge in [0.1, 0.15) is 11.2 Å². The van der Waals surface area contributed by atoms with Gasteiger partial charge in [0.05, 0.1) is 5.56 Å². The van der Waals surface area contributed by atoms with E-state index in [0.29, 0.717) is 0 Å². The highest BCUT2D eigenvalue weighted by atomic mass is 32.1. The molecular weight excluding hydrogens is 336 g/mol. The summed E-state index contributed by atoms with van der Waals surface area (Å²) in [5, 5.41) is 7.62. The number of hydrogen-bond donors (Lipinski definition) is 2. The van der Waals surface area contributed by atoms with E-state index in [1.165, 1.54) is 23.3 Å². The highest BCUT2D eigenvalue weighted by Crippen LogP contribution is 2.43. The molecule has 0 bridgehead atoms. The molecule has 1 amide bonds. The SMILES string of the molecule is CC[C@H]1CCc2c(sc3c2C(=O)N[C@@H](c2ccc4c(c2)OCO4)N3)C1. The van der Waals surface area contributed by atoms with Crippen LogP contribution in [0, 0.1) is 5.92 Å². The Kier molecular flexibility index (Phi) is 3.41. The van der Waals surface area contributed by atoms with Crippen LogP contribution >= 0.6 is 11.3 Å². The maximum Gasteiger partial charge on any atom is 0.256 e. The number of amides is 1. The molecule has 0 fully saturated rings. The summed E-state index contributed by atoms with van der Waals surface area (Å²) < 4.78 is 10.8. The van der Waals surface area contributed by atoms with Crippen LogP contribution in [0.15, 0.2) is 18.2 Å². The molecule has 0 saturated heterocycles. The Labute approximate surface area is 150 Å². The fourth-order valence-electron chi connectivity index (χ4n) is 3.97. The number of fused-ring (bicyclic) bond motifs is 4. The summed E-state index contributed by atoms with van der Waals surface area (Å²) in [7, 11) is 0. The Morgan fingerprint density at radius 1 is 1.24 bits per heavy atom. The second-order valence-corrected chi connectivity index (χ2v) is 7.99. The predicted molar refractivity (Wildman–Crippen MR) is 96.5 cm³/mol. The predicted octanol–water partition coefficient (Wildman–Crippen LogP) is 3.85. The molecule has 3 heterocycles. The fraction of sp³-hybridized carbons (Fsp3) is 0.421. The van der Waals surface area contributed by atoms with Gasteiger partial charge >= 0.3 is 0 Å². The first-order valence-corrected chi connectivity index (χ1v) is 9.66. The van der Waals surface area contributed by atoms with Crippen LogP contribution in [0.25, 0.3) is 0 Å². The molecule has 6 heteroatoms. The third kappa shape index (κ3) is 2.39. The maximum atomic E-state index is 12.8. The molecule has 25 heavy (non-hydrogen) atoms. The van der Waals surface area contributed by atoms with Crippen molar-refractivity contribution in [1.29, 1.82) is 0 Å². The van der Waals surface area contributed by atoms with E-state index in [1.54, 1.807) is 11.3 Å². The molecule has 0 radical (unpaired) electrons. The summed E-state index contributed by atoms with van der Waals surface area (Å²) in [5.74, 6) is 2.27. The first-order chi connectivity index (χ1) is 12.2. The van der Waals surface area contributed by atoms with Gasteiger partial charge in [0.2, 0.25) is 6.79 Å². The smallest absolute Gasteiger partial charge is 0.256 e. The van der Waals surface area contributed by atoms with Gasteiger partial charge in [-0.15, -0.1) is 11.3 Å². The van der Waals surface area contributed by atoms with Crippen molar-refractivity contribution in [3.05, 3.63) is 39.8 Å². The molecule has 1 aliphatic carbocycles. The molecule has 0 unspecified atom stereocenters. The molecule has 1 aromatic carbocycles. The molecule has 0 spiro atoms. The number of anilines is 1. The number of hydrogen-bond acceptors (Lipinski definition) is 5. The molecule has 2 atom stereocenters. The lowest BCUT2D eigenvalue weighted by Gasteiger charge is -2.27. The molecule has 5 rings (SSSR count). The van der Waals surface area contributed by atoms with Crippen molar-refractivity contribution in [2.24, 2.45) is 5.92 Å². The van der Waals surface area contributed by atoms with E-state index in [2.05, 4.69) is 17.6 Å². The zero-order valence-corrected chi connectivity index (χ0v) is 14.9. The first kappa shape index (κ1) is 15.1. The van der Waals surface area contributed by atoms with E-state index in [9.17, 15) is 4.79 Å². The van der Waals surface area contributed by atoms with Crippen LogP contribution in [0.2, 0.25) is 0 Å². The topological polar surface area (TPSA) is 59.6 Å². The van der Waals surface area contributed by atoms with E-state index in [0.717, 1.165) is 46.4 Å². The second-order valence-electron chi connectivity index (χ2n) is 6.89. The van der Waals surface area contributed by atoms with Crippen LogP contribution in [0.3, 0.4) is 0 Å². The zero-order chi connectivity index (χ0) is 17.0. The van der Waals surface area contributed by atoms with Crippen LogP contribution in [0.4, 0.5) is 5.00 Å². The summed E-state index contributed by atoms with van der Waals surface area (Å²) in [6.07, 6.45) is 4.28.